The molecule has 4 fully saturated rings. The second kappa shape index (κ2) is 40.7. The van der Waals surface area contributed by atoms with E-state index < -0.39 is 116 Å². The third-order valence-corrected chi connectivity index (χ3v) is 22.2. The maximum absolute atomic E-state index is 13.9. The van der Waals surface area contributed by atoms with Gasteiger partial charge in [0.2, 0.25) is 29.5 Å². The number of imide groups is 1. The second-order valence-corrected chi connectivity index (χ2v) is 36.3. The van der Waals surface area contributed by atoms with Crippen LogP contribution in [0.2, 0.25) is 0 Å². The molecule has 614 valence electrons. The molecule has 3 heterocycles. The number of aromatic nitrogens is 3. The number of hydrogen-bond acceptors (Lipinski definition) is 23. The van der Waals surface area contributed by atoms with Gasteiger partial charge in [0.15, 0.2) is 6.10 Å². The van der Waals surface area contributed by atoms with Gasteiger partial charge in [0.25, 0.3) is 11.7 Å². The summed E-state index contributed by atoms with van der Waals surface area (Å²) in [5.74, 6) is -7.35. The van der Waals surface area contributed by atoms with E-state index in [0.717, 1.165) is 43.4 Å². The van der Waals surface area contributed by atoms with Gasteiger partial charge in [0, 0.05) is 81.3 Å². The van der Waals surface area contributed by atoms with Crippen LogP contribution in [0.15, 0.2) is 48.7 Å². The Morgan fingerprint density at radius 2 is 1.48 bits per heavy atom. The Hall–Kier alpha value is -6.93. The first-order chi connectivity index (χ1) is 51.6. The van der Waals surface area contributed by atoms with Crippen LogP contribution in [-0.4, -0.2) is 217 Å². The quantitative estimate of drug-likeness (QED) is 0.0114. The van der Waals surface area contributed by atoms with Crippen LogP contribution in [0.3, 0.4) is 0 Å². The molecule has 2 saturated carbocycles. The number of amides is 6. The number of rotatable bonds is 41. The number of likely N-dealkylation sites (tertiary alicyclic amines) is 1. The van der Waals surface area contributed by atoms with E-state index in [4.69, 9.17) is 32.7 Å². The number of aliphatic hydroxyl groups excluding tert-OH is 2. The highest BCUT2D eigenvalue weighted by Crippen LogP contribution is 2.44. The predicted octanol–water partition coefficient (Wildman–Crippen LogP) is 8.38. The Labute approximate surface area is 650 Å². The van der Waals surface area contributed by atoms with Crippen molar-refractivity contribution in [2.45, 2.75) is 246 Å². The van der Waals surface area contributed by atoms with Crippen molar-refractivity contribution in [1.82, 2.24) is 40.7 Å². The predicted molar refractivity (Wildman–Crippen MR) is 406 cm³/mol. The number of nitrogens with zero attached hydrogens (tertiary/aromatic N) is 5. The maximum atomic E-state index is 13.9. The molecule has 2 aromatic carbocycles. The number of ether oxygens (including phenoxy) is 5. The molecular formula is C78H119N8O22PS. The van der Waals surface area contributed by atoms with Gasteiger partial charge in [-0.05, 0) is 145 Å². The fourth-order valence-electron chi connectivity index (χ4n) is 15.2. The Bertz CT molecular complexity index is 3620. The number of phosphoric ester groups is 1. The number of aliphatic carboxylic acids is 1. The number of thioether (sulfide) groups is 1. The van der Waals surface area contributed by atoms with E-state index in [9.17, 15) is 73.0 Å². The van der Waals surface area contributed by atoms with Crippen LogP contribution in [0.1, 0.15) is 211 Å². The number of aliphatic hydroxyl groups is 2. The van der Waals surface area contributed by atoms with Crippen LogP contribution in [0, 0.1) is 47.3 Å². The molecule has 0 bridgehead atoms. The van der Waals surface area contributed by atoms with Crippen molar-refractivity contribution in [3.63, 3.8) is 0 Å². The molecule has 5 unspecified atom stereocenters. The largest absolute Gasteiger partial charge is 0.507 e. The minimum atomic E-state index is -4.77. The summed E-state index contributed by atoms with van der Waals surface area (Å²) in [7, 11) is -4.77. The number of aromatic hydroxyl groups is 1. The van der Waals surface area contributed by atoms with Gasteiger partial charge in [-0.1, -0.05) is 96.4 Å². The Balaban J connectivity index is 0.832. The van der Waals surface area contributed by atoms with E-state index in [1.54, 1.807) is 52.6 Å². The number of esters is 2. The van der Waals surface area contributed by atoms with Gasteiger partial charge in [-0.15, -0.1) is 16.9 Å². The average molecular weight is 1580 g/mol. The van der Waals surface area contributed by atoms with Crippen LogP contribution in [0.25, 0.3) is 0 Å². The fourth-order valence-corrected chi connectivity index (χ4v) is 17.0. The average Bonchev–Trinajstić information content (AvgIpc) is 1.01. The van der Waals surface area contributed by atoms with Crippen molar-refractivity contribution < 1.29 is 106 Å². The zero-order valence-corrected chi connectivity index (χ0v) is 67.8. The molecule has 32 heteroatoms. The SMILES string of the molecule is Cc1cc(C(=O)NC[C@@H](O)CC2O[C@@](OCCCN(Cc3ccccc3)C(=O)CCOCCSC3CC(=O)N(CC4CCC(C(=O)NCCOP(=O)(O)OCC(COC(=O)C(C)(C)CC(C)(C)C)OC(=O)C(C)(C)CC(C)(C)C)CC4)C3=O)(C(=O)O)C[C@@H](O)C2NC(=O)Cn2cc(C3CCCCC3)nn2)cc(C)c1O. The number of aryl methyl sites for hydroxylation is 2. The normalized spacial score (nSPS) is 22.0. The maximum Gasteiger partial charge on any atom is 0.472 e. The summed E-state index contributed by atoms with van der Waals surface area (Å²) < 4.78 is 54.4. The molecule has 30 nitrogen and oxygen atoms in total. The summed E-state index contributed by atoms with van der Waals surface area (Å²) in [5, 5.41) is 60.2. The lowest BCUT2D eigenvalue weighted by Crippen LogP contribution is -2.65. The molecule has 7 rings (SSSR count). The number of carboxylic acids is 1. The van der Waals surface area contributed by atoms with Gasteiger partial charge in [-0.2, -0.15) is 0 Å². The second-order valence-electron chi connectivity index (χ2n) is 33.6. The first-order valence-corrected chi connectivity index (χ1v) is 41.0. The highest BCUT2D eigenvalue weighted by Gasteiger charge is 2.54. The highest BCUT2D eigenvalue weighted by atomic mass is 32.2. The van der Waals surface area contributed by atoms with Crippen molar-refractivity contribution in [1.29, 1.82) is 0 Å². The molecule has 2 aliphatic heterocycles. The molecule has 110 heavy (non-hydrogen) atoms. The van der Waals surface area contributed by atoms with Gasteiger partial charge in [0.1, 0.15) is 18.9 Å². The van der Waals surface area contributed by atoms with E-state index in [1.807, 2.05) is 71.9 Å². The molecule has 4 aliphatic rings. The third kappa shape index (κ3) is 28.3. The molecule has 1 aromatic heterocycles. The number of carbonyl (C=O) groups is 9. The topological polar surface area (TPSA) is 410 Å². The number of phosphoric acid groups is 1. The monoisotopic (exact) mass is 1580 g/mol. The van der Waals surface area contributed by atoms with Crippen LogP contribution in [0.5, 0.6) is 5.75 Å². The molecule has 8 N–H and O–H groups in total. The minimum absolute atomic E-state index is 0.0150. The third-order valence-electron chi connectivity index (χ3n) is 20.1. The zero-order chi connectivity index (χ0) is 80.9. The number of carboxylic acid groups (broad SMARTS) is 1. The van der Waals surface area contributed by atoms with Crippen LogP contribution in [0.4, 0.5) is 0 Å². The van der Waals surface area contributed by atoms with E-state index in [1.165, 1.54) is 33.5 Å². The number of nitrogens with one attached hydrogen (secondary N) is 3. The van der Waals surface area contributed by atoms with Crippen molar-refractivity contribution in [2.75, 3.05) is 71.6 Å². The van der Waals surface area contributed by atoms with Crippen molar-refractivity contribution >= 4 is 72.9 Å². The number of carbonyl (C=O) groups excluding carboxylic acids is 8. The molecule has 3 aromatic rings. The fraction of sp³-hybridized carbons (Fsp3) is 0.705. The summed E-state index contributed by atoms with van der Waals surface area (Å²) in [5.41, 5.74) is 0.481. The van der Waals surface area contributed by atoms with Crippen molar-refractivity contribution in [2.24, 2.45) is 33.5 Å². The summed E-state index contributed by atoms with van der Waals surface area (Å²) in [6, 6.07) is 10.9. The molecule has 6 amide bonds. The first kappa shape index (κ1) is 90.3. The van der Waals surface area contributed by atoms with E-state index in [2.05, 4.69) is 26.3 Å². The Morgan fingerprint density at radius 3 is 2.13 bits per heavy atom. The number of phenols is 1. The lowest BCUT2D eigenvalue weighted by molar-refractivity contribution is -0.298. The lowest BCUT2D eigenvalue weighted by atomic mass is 9.76. The van der Waals surface area contributed by atoms with Gasteiger partial charge in [-0.25, -0.2) is 14.0 Å². The number of benzene rings is 2. The van der Waals surface area contributed by atoms with E-state index >= 15 is 0 Å². The van der Waals surface area contributed by atoms with Crippen LogP contribution < -0.4 is 16.0 Å². The zero-order valence-electron chi connectivity index (χ0n) is 66.1. The standard InChI is InChI=1S/C78H119N8O22PS/c1-50-36-56(37-51(2)67(50)92)69(94)80-41-57(87)38-61-66(81-63(89)45-85-44-59(82-83-85)54-22-17-14-18-23-54)60(88)40-78(108-61,71(96)97)104-31-19-30-84(42-52-20-15-13-16-21-52)64(90)28-32-102-34-35-110-62-39-65(91)86(70(62)95)43-53-24-26-55(27-25-53)68(93)79-29-33-105-109(100,101)106-47-58(107-73(99)77(11,12)49-75(6,7)8)46-103-72(98)76(9,10)48-74(3,4)5/h13,15-16,20-21,36-37,44,53-55,57-58,60-62,66,87-88,92H,14,17-19,22-35,38-43,45-49H2,1-12H3,(H,79,93)(H,80,94)(H,81,89)(H,96,97)(H,100,101)/t53?,55?,57-,58?,60+,61?,62?,66?,78+/m0/s1. The summed E-state index contributed by atoms with van der Waals surface area (Å²) in [6.45, 7) is 20.4. The smallest absolute Gasteiger partial charge is 0.472 e. The molecule has 2 aliphatic carbocycles. The van der Waals surface area contributed by atoms with Crippen LogP contribution >= 0.6 is 19.6 Å². The molecular weight excluding hydrogens is 1460 g/mol. The van der Waals surface area contributed by atoms with Gasteiger partial charge >= 0.3 is 25.7 Å². The van der Waals surface area contributed by atoms with E-state index in [0.29, 0.717) is 55.4 Å². The Morgan fingerprint density at radius 1 is 0.827 bits per heavy atom. The summed E-state index contributed by atoms with van der Waals surface area (Å²) in [4.78, 5) is 134. The Kier molecular flexibility index (Phi) is 33.4. The molecule has 8 atom stereocenters. The molecule has 2 saturated heterocycles. The highest BCUT2D eigenvalue weighted by molar-refractivity contribution is 8.00. The summed E-state index contributed by atoms with van der Waals surface area (Å²) >= 11 is 1.29. The molecule has 0 spiro atoms. The number of hydrogen-bond donors (Lipinski definition) is 8. The first-order valence-electron chi connectivity index (χ1n) is 38.4. The minimum Gasteiger partial charge on any atom is -0.507 e. The number of phenolic OH excluding ortho intramolecular Hbond substituents is 1. The van der Waals surface area contributed by atoms with Crippen molar-refractivity contribution in [3.8, 4) is 5.75 Å². The lowest BCUT2D eigenvalue weighted by Gasteiger charge is -2.45. The summed E-state index contributed by atoms with van der Waals surface area (Å²) in [6.07, 6.45) is 3.41. The van der Waals surface area contributed by atoms with Gasteiger partial charge in [-0.3, -0.25) is 52.3 Å². The molecule has 0 radical (unpaired) electrons. The van der Waals surface area contributed by atoms with Gasteiger partial charge in [0.05, 0.1) is 85.6 Å². The van der Waals surface area contributed by atoms with E-state index in [-0.39, 0.29) is 148 Å². The van der Waals surface area contributed by atoms with Crippen molar-refractivity contribution in [3.05, 3.63) is 76.6 Å². The van der Waals surface area contributed by atoms with Gasteiger partial charge < -0.3 is 69.9 Å². The van der Waals surface area contributed by atoms with Crippen LogP contribution in [-0.2, 0) is 88.7 Å².